The highest BCUT2D eigenvalue weighted by Gasteiger charge is 2.30. The molecule has 166 valence electrons. The van der Waals surface area contributed by atoms with Gasteiger partial charge >= 0.3 is 0 Å². The third kappa shape index (κ3) is 4.44. The molecule has 0 radical (unpaired) electrons. The molecule has 4 rings (SSSR count). The van der Waals surface area contributed by atoms with Crippen LogP contribution in [0.4, 0.5) is 0 Å². The Morgan fingerprint density at radius 1 is 1.12 bits per heavy atom. The van der Waals surface area contributed by atoms with Crippen LogP contribution in [0.15, 0.2) is 48.7 Å². The molecule has 6 heteroatoms. The van der Waals surface area contributed by atoms with E-state index in [1.807, 2.05) is 26.1 Å². The molecule has 1 fully saturated rings. The largest absolute Gasteiger partial charge is 0.354 e. The van der Waals surface area contributed by atoms with E-state index < -0.39 is 0 Å². The Morgan fingerprint density at radius 2 is 1.84 bits per heavy atom. The van der Waals surface area contributed by atoms with Gasteiger partial charge in [0.1, 0.15) is 0 Å². The van der Waals surface area contributed by atoms with Crippen molar-refractivity contribution in [2.24, 2.45) is 13.0 Å². The van der Waals surface area contributed by atoms with E-state index in [1.54, 1.807) is 15.8 Å². The molecule has 2 amide bonds. The lowest BCUT2D eigenvalue weighted by Crippen LogP contribution is -2.37. The number of rotatable bonds is 4. The van der Waals surface area contributed by atoms with Gasteiger partial charge in [0.05, 0.1) is 17.7 Å². The summed E-state index contributed by atoms with van der Waals surface area (Å²) in [7, 11) is 1.83. The number of hydrogen-bond donors (Lipinski definition) is 1. The van der Waals surface area contributed by atoms with Gasteiger partial charge in [-0.3, -0.25) is 14.3 Å². The molecule has 0 aliphatic carbocycles. The molecule has 2 aromatic carbocycles. The lowest BCUT2D eigenvalue weighted by Gasteiger charge is -2.24. The zero-order valence-electron chi connectivity index (χ0n) is 19.2. The van der Waals surface area contributed by atoms with Crippen molar-refractivity contribution in [1.82, 2.24) is 20.0 Å². The lowest BCUT2D eigenvalue weighted by molar-refractivity contribution is -0.124. The predicted molar refractivity (Wildman–Crippen MR) is 125 cm³/mol. The molecule has 3 aromatic rings. The highest BCUT2D eigenvalue weighted by Crippen LogP contribution is 2.28. The Morgan fingerprint density at radius 3 is 2.53 bits per heavy atom. The van der Waals surface area contributed by atoms with Gasteiger partial charge in [-0.15, -0.1) is 0 Å². The van der Waals surface area contributed by atoms with Gasteiger partial charge in [-0.1, -0.05) is 53.6 Å². The third-order valence-electron chi connectivity index (χ3n) is 6.26. The van der Waals surface area contributed by atoms with Crippen LogP contribution in [0.5, 0.6) is 0 Å². The van der Waals surface area contributed by atoms with Crippen molar-refractivity contribution in [3.63, 3.8) is 0 Å². The van der Waals surface area contributed by atoms with Crippen molar-refractivity contribution in [1.29, 1.82) is 0 Å². The number of nitrogens with one attached hydrogen (secondary N) is 1. The van der Waals surface area contributed by atoms with Crippen molar-refractivity contribution in [2.45, 2.75) is 27.2 Å². The summed E-state index contributed by atoms with van der Waals surface area (Å²) < 4.78 is 1.70. The highest BCUT2D eigenvalue weighted by molar-refractivity contribution is 5.95. The summed E-state index contributed by atoms with van der Waals surface area (Å²) in [6.45, 7) is 7.43. The number of carbonyl (C=O) groups is 2. The molecule has 0 bridgehead atoms. The predicted octanol–water partition coefficient (Wildman–Crippen LogP) is 3.44. The maximum absolute atomic E-state index is 13.2. The fourth-order valence-corrected chi connectivity index (χ4v) is 4.49. The Balaban J connectivity index is 1.61. The Bertz CT molecular complexity index is 1140. The lowest BCUT2D eigenvalue weighted by atomic mass is 9.90. The average molecular weight is 431 g/mol. The van der Waals surface area contributed by atoms with Crippen LogP contribution in [0, 0.1) is 26.7 Å². The van der Waals surface area contributed by atoms with Crippen molar-refractivity contribution >= 4 is 11.8 Å². The van der Waals surface area contributed by atoms with Crippen molar-refractivity contribution < 1.29 is 9.59 Å². The first-order valence-corrected chi connectivity index (χ1v) is 11.1. The molecule has 0 spiro atoms. The first-order chi connectivity index (χ1) is 15.3. The fraction of sp³-hybridized carbons (Fsp3) is 0.346. The van der Waals surface area contributed by atoms with Gasteiger partial charge < -0.3 is 10.2 Å². The number of benzene rings is 2. The second-order valence-corrected chi connectivity index (χ2v) is 8.74. The summed E-state index contributed by atoms with van der Waals surface area (Å²) in [5.74, 6) is -0.386. The number of aromatic nitrogens is 2. The van der Waals surface area contributed by atoms with Crippen LogP contribution < -0.4 is 5.32 Å². The Kier molecular flexibility index (Phi) is 6.12. The van der Waals surface area contributed by atoms with E-state index >= 15 is 0 Å². The van der Waals surface area contributed by atoms with Crippen LogP contribution in [0.25, 0.3) is 11.1 Å². The summed E-state index contributed by atoms with van der Waals surface area (Å²) in [4.78, 5) is 27.9. The molecular formula is C26H30N4O2. The van der Waals surface area contributed by atoms with Gasteiger partial charge in [-0.2, -0.15) is 5.10 Å². The first-order valence-electron chi connectivity index (χ1n) is 11.1. The smallest absolute Gasteiger partial charge is 0.257 e. The standard InChI is InChI=1S/C26H30N4O2/c1-17-11-18(2)13-21(12-17)23-8-6-5-7-20(23)14-22-16-30(10-9-27-25(22)31)26(32)24-15-28-29(4)19(24)3/h5-8,11-13,15,22H,9-10,14,16H2,1-4H3,(H,27,31)/t22-/m1/s1. The van der Waals surface area contributed by atoms with Gasteiger partial charge in [-0.25, -0.2) is 0 Å². The van der Waals surface area contributed by atoms with Crippen LogP contribution in [0.3, 0.4) is 0 Å². The van der Waals surface area contributed by atoms with Crippen molar-refractivity contribution in [3.8, 4) is 11.1 Å². The number of nitrogens with zero attached hydrogens (tertiary/aromatic N) is 3. The number of carbonyl (C=O) groups excluding carboxylic acids is 2. The molecule has 1 saturated heterocycles. The van der Waals surface area contributed by atoms with Gasteiger partial charge in [0, 0.05) is 32.4 Å². The average Bonchev–Trinajstić information content (AvgIpc) is 2.98. The van der Waals surface area contributed by atoms with Gasteiger partial charge in [0.2, 0.25) is 5.91 Å². The highest BCUT2D eigenvalue weighted by atomic mass is 16.2. The molecule has 0 saturated carbocycles. The molecule has 1 atom stereocenters. The molecule has 1 aliphatic rings. The normalized spacial score (nSPS) is 16.6. The minimum absolute atomic E-state index is 0.00145. The molecule has 1 N–H and O–H groups in total. The summed E-state index contributed by atoms with van der Waals surface area (Å²) in [5.41, 5.74) is 7.26. The molecule has 1 aromatic heterocycles. The molecule has 6 nitrogen and oxygen atoms in total. The van der Waals surface area contributed by atoms with E-state index in [9.17, 15) is 9.59 Å². The van der Waals surface area contributed by atoms with Gasteiger partial charge in [0.15, 0.2) is 0 Å². The Labute approximate surface area is 189 Å². The van der Waals surface area contributed by atoms with Crippen LogP contribution in [-0.4, -0.2) is 46.1 Å². The molecule has 1 aliphatic heterocycles. The maximum atomic E-state index is 13.2. The van der Waals surface area contributed by atoms with Crippen LogP contribution in [0.2, 0.25) is 0 Å². The summed E-state index contributed by atoms with van der Waals surface area (Å²) in [6, 6.07) is 14.8. The topological polar surface area (TPSA) is 67.2 Å². The zero-order valence-corrected chi connectivity index (χ0v) is 19.2. The third-order valence-corrected chi connectivity index (χ3v) is 6.26. The second kappa shape index (κ2) is 8.99. The molecule has 32 heavy (non-hydrogen) atoms. The quantitative estimate of drug-likeness (QED) is 0.690. The monoisotopic (exact) mass is 430 g/mol. The zero-order chi connectivity index (χ0) is 22.8. The summed E-state index contributed by atoms with van der Waals surface area (Å²) in [5, 5.41) is 7.20. The van der Waals surface area contributed by atoms with Crippen LogP contribution >= 0.6 is 0 Å². The Hall–Kier alpha value is -3.41. The maximum Gasteiger partial charge on any atom is 0.257 e. The van der Waals surface area contributed by atoms with E-state index in [1.165, 1.54) is 11.1 Å². The molecule has 2 heterocycles. The second-order valence-electron chi connectivity index (χ2n) is 8.74. The SMILES string of the molecule is Cc1cc(C)cc(-c2ccccc2C[C@@H]2CN(C(=O)c3cnn(C)c3C)CCNC2=O)c1. The molecule has 0 unspecified atom stereocenters. The summed E-state index contributed by atoms with van der Waals surface area (Å²) in [6.07, 6.45) is 2.19. The number of aryl methyl sites for hydroxylation is 3. The van der Waals surface area contributed by atoms with E-state index in [4.69, 9.17) is 0 Å². The first kappa shape index (κ1) is 21.8. The van der Waals surface area contributed by atoms with Crippen LogP contribution in [-0.2, 0) is 18.3 Å². The van der Waals surface area contributed by atoms with E-state index in [2.05, 4.69) is 54.6 Å². The van der Waals surface area contributed by atoms with Crippen molar-refractivity contribution in [3.05, 3.63) is 76.6 Å². The number of hydrogen-bond acceptors (Lipinski definition) is 3. The summed E-state index contributed by atoms with van der Waals surface area (Å²) >= 11 is 0. The van der Waals surface area contributed by atoms with Gasteiger partial charge in [-0.05, 0) is 43.9 Å². The van der Waals surface area contributed by atoms with E-state index in [0.717, 1.165) is 22.4 Å². The van der Waals surface area contributed by atoms with E-state index in [0.29, 0.717) is 31.6 Å². The molecular weight excluding hydrogens is 400 g/mol. The van der Waals surface area contributed by atoms with Crippen LogP contribution in [0.1, 0.15) is 32.7 Å². The van der Waals surface area contributed by atoms with E-state index in [-0.39, 0.29) is 17.7 Å². The van der Waals surface area contributed by atoms with Gasteiger partial charge in [0.25, 0.3) is 5.91 Å². The van der Waals surface area contributed by atoms with Crippen molar-refractivity contribution in [2.75, 3.05) is 19.6 Å². The minimum atomic E-state index is -0.314. The fourth-order valence-electron chi connectivity index (χ4n) is 4.49. The number of amides is 2. The minimum Gasteiger partial charge on any atom is -0.354 e.